The molecule has 2 aliphatic heterocycles. The topological polar surface area (TPSA) is 228 Å². The Bertz CT molecular complexity index is 1870. The van der Waals surface area contributed by atoms with Gasteiger partial charge in [0.25, 0.3) is 0 Å². The third-order valence-corrected chi connectivity index (χ3v) is 19.1. The third kappa shape index (κ3) is 48.0. The molecule has 12 unspecified atom stereocenters. The summed E-state index contributed by atoms with van der Waals surface area (Å²) in [6, 6.07) is -0.933. The number of unbranched alkanes of at least 4 members (excludes halogenated alkanes) is 43. The van der Waals surface area contributed by atoms with Crippen molar-refractivity contribution in [3.63, 3.8) is 0 Å². The Kier molecular flexibility index (Phi) is 60.4. The average molecular weight is 1340 g/mol. The fourth-order valence-electron chi connectivity index (χ4n) is 12.9. The lowest BCUT2D eigenvalue weighted by Crippen LogP contribution is -2.65. The number of nitrogens with one attached hydrogen (secondary N) is 1. The van der Waals surface area contributed by atoms with Gasteiger partial charge in [0.2, 0.25) is 5.91 Å². The number of carbonyl (C=O) groups is 1. The second-order valence-electron chi connectivity index (χ2n) is 27.8. The summed E-state index contributed by atoms with van der Waals surface area (Å²) in [5, 5.41) is 87.5. The van der Waals surface area contributed by atoms with Crippen molar-refractivity contribution >= 4 is 5.91 Å². The number of hydrogen-bond acceptors (Lipinski definition) is 13. The van der Waals surface area contributed by atoms with Gasteiger partial charge in [-0.25, -0.2) is 0 Å². The zero-order valence-electron chi connectivity index (χ0n) is 60.7. The first-order chi connectivity index (χ1) is 46.6. The van der Waals surface area contributed by atoms with Crippen LogP contribution in [0.4, 0.5) is 0 Å². The normalized spacial score (nSPS) is 22.7. The second kappa shape index (κ2) is 64.8. The molecule has 95 heavy (non-hydrogen) atoms. The van der Waals surface area contributed by atoms with Gasteiger partial charge in [-0.05, 0) is 70.6 Å². The van der Waals surface area contributed by atoms with Gasteiger partial charge in [0, 0.05) is 6.42 Å². The van der Waals surface area contributed by atoms with E-state index in [0.717, 1.165) is 57.8 Å². The van der Waals surface area contributed by atoms with E-state index in [1.807, 2.05) is 6.08 Å². The molecule has 0 bridgehead atoms. The summed E-state index contributed by atoms with van der Waals surface area (Å²) in [6.45, 7) is 2.71. The minimum Gasteiger partial charge on any atom is -0.394 e. The molecular weight excluding hydrogens is 1190 g/mol. The van der Waals surface area contributed by atoms with E-state index in [2.05, 4.69) is 79.9 Å². The van der Waals surface area contributed by atoms with E-state index < -0.39 is 86.8 Å². The molecule has 14 nitrogen and oxygen atoms in total. The van der Waals surface area contributed by atoms with Gasteiger partial charge in [-0.15, -0.1) is 0 Å². The monoisotopic (exact) mass is 1340 g/mol. The molecule has 0 saturated carbocycles. The maximum atomic E-state index is 13.4. The van der Waals surface area contributed by atoms with Crippen LogP contribution in [0.5, 0.6) is 0 Å². The van der Waals surface area contributed by atoms with Crippen molar-refractivity contribution in [2.45, 2.75) is 415 Å². The van der Waals surface area contributed by atoms with Crippen molar-refractivity contribution in [1.82, 2.24) is 5.32 Å². The lowest BCUT2D eigenvalue weighted by molar-refractivity contribution is -0.359. The quantitative estimate of drug-likeness (QED) is 0.0204. The Morgan fingerprint density at radius 3 is 1.16 bits per heavy atom. The van der Waals surface area contributed by atoms with Gasteiger partial charge >= 0.3 is 0 Å². The molecule has 1 amide bonds. The first-order valence-corrected chi connectivity index (χ1v) is 39.7. The molecule has 0 aliphatic carbocycles. The van der Waals surface area contributed by atoms with Crippen LogP contribution in [0.2, 0.25) is 0 Å². The van der Waals surface area contributed by atoms with Crippen LogP contribution in [0.1, 0.15) is 341 Å². The van der Waals surface area contributed by atoms with E-state index in [9.17, 15) is 45.6 Å². The SMILES string of the molecule is CC/C=C\C/C=C\C/C=C\C/C=C\CCCCCCCCCCCCCCCCCCCCCCCCCCCCCCC(=O)NC(COC1OC(CO)C(OC2OC(CO)C(O)C(O)C2O)C(O)C1O)C(O)/C=C/CC/C=C/CCCCCCCCCCCCCCCC. The number of aliphatic hydroxyl groups is 8. The molecule has 0 spiro atoms. The summed E-state index contributed by atoms with van der Waals surface area (Å²) < 4.78 is 22.9. The van der Waals surface area contributed by atoms with Gasteiger partial charge < -0.3 is 65.1 Å². The Morgan fingerprint density at radius 2 is 0.737 bits per heavy atom. The summed E-state index contributed by atoms with van der Waals surface area (Å²) in [5.74, 6) is -0.243. The first kappa shape index (κ1) is 88.5. The maximum Gasteiger partial charge on any atom is 0.220 e. The van der Waals surface area contributed by atoms with Gasteiger partial charge in [-0.1, -0.05) is 337 Å². The molecule has 554 valence electrons. The van der Waals surface area contributed by atoms with Crippen LogP contribution in [-0.4, -0.2) is 140 Å². The Morgan fingerprint density at radius 1 is 0.389 bits per heavy atom. The van der Waals surface area contributed by atoms with Crippen LogP contribution >= 0.6 is 0 Å². The van der Waals surface area contributed by atoms with E-state index >= 15 is 0 Å². The number of amides is 1. The standard InChI is InChI=1S/C81H147NO13/c1-3-5-7-9-11-13-15-17-19-21-23-25-26-27-28-29-30-31-32-33-34-35-36-37-38-39-40-41-42-43-44-45-47-49-51-53-55-57-59-61-63-65-73(86)82-69(70(85)64-62-60-58-56-54-52-50-48-46-24-22-20-18-16-14-12-10-8-6-4-2)68-92-80-78(91)76(89)79(72(67-84)94-80)95-81-77(90)75(88)74(87)71(66-83)93-81/h5,7,11,13,17,19,23,25,54,56,62,64,69-72,74-81,83-85,87-91H,3-4,6,8-10,12,14-16,18,20-22,24,26-53,55,57-61,63,65-68H2,1-2H3,(H,82,86)/b7-5-,13-11-,19-17-,25-23-,56-54+,64-62+. The Hall–Kier alpha value is -2.57. The summed E-state index contributed by atoms with van der Waals surface area (Å²) in [4.78, 5) is 13.4. The summed E-state index contributed by atoms with van der Waals surface area (Å²) >= 11 is 0. The summed E-state index contributed by atoms with van der Waals surface area (Å²) in [5.41, 5.74) is 0. The molecule has 0 aromatic carbocycles. The fourth-order valence-corrected chi connectivity index (χ4v) is 12.9. The molecule has 0 aromatic heterocycles. The van der Waals surface area contributed by atoms with Crippen LogP contribution in [0.3, 0.4) is 0 Å². The minimum atomic E-state index is -1.79. The van der Waals surface area contributed by atoms with Gasteiger partial charge in [-0.3, -0.25) is 4.79 Å². The van der Waals surface area contributed by atoms with E-state index in [-0.39, 0.29) is 18.9 Å². The van der Waals surface area contributed by atoms with Gasteiger partial charge in [0.15, 0.2) is 12.6 Å². The van der Waals surface area contributed by atoms with E-state index in [0.29, 0.717) is 12.8 Å². The predicted octanol–water partition coefficient (Wildman–Crippen LogP) is 17.7. The lowest BCUT2D eigenvalue weighted by atomic mass is 9.97. The van der Waals surface area contributed by atoms with E-state index in [4.69, 9.17) is 18.9 Å². The van der Waals surface area contributed by atoms with Crippen LogP contribution in [-0.2, 0) is 23.7 Å². The number of aliphatic hydroxyl groups excluding tert-OH is 8. The van der Waals surface area contributed by atoms with Crippen molar-refractivity contribution in [3.05, 3.63) is 72.9 Å². The van der Waals surface area contributed by atoms with Crippen molar-refractivity contribution in [3.8, 4) is 0 Å². The fraction of sp³-hybridized carbons (Fsp3) is 0.840. The number of allylic oxidation sites excluding steroid dienone is 11. The Balaban J connectivity index is 1.56. The van der Waals surface area contributed by atoms with Gasteiger partial charge in [0.05, 0.1) is 32.0 Å². The molecule has 2 heterocycles. The minimum absolute atomic E-state index is 0.243. The molecule has 14 heteroatoms. The molecule has 2 saturated heterocycles. The van der Waals surface area contributed by atoms with Crippen LogP contribution < -0.4 is 5.32 Å². The lowest BCUT2D eigenvalue weighted by Gasteiger charge is -2.46. The van der Waals surface area contributed by atoms with E-state index in [1.54, 1.807) is 6.08 Å². The molecule has 12 atom stereocenters. The summed E-state index contributed by atoms with van der Waals surface area (Å²) in [6.07, 6.45) is 72.9. The van der Waals surface area contributed by atoms with Crippen LogP contribution in [0, 0.1) is 0 Å². The van der Waals surface area contributed by atoms with Crippen molar-refractivity contribution in [2.75, 3.05) is 19.8 Å². The third-order valence-electron chi connectivity index (χ3n) is 19.1. The number of rotatable bonds is 66. The smallest absolute Gasteiger partial charge is 0.220 e. The molecule has 2 fully saturated rings. The molecular formula is C81H147NO13. The zero-order chi connectivity index (χ0) is 68.7. The highest BCUT2D eigenvalue weighted by molar-refractivity contribution is 5.76. The predicted molar refractivity (Wildman–Crippen MR) is 392 cm³/mol. The van der Waals surface area contributed by atoms with Crippen LogP contribution in [0.25, 0.3) is 0 Å². The molecule has 0 aromatic rings. The average Bonchev–Trinajstić information content (AvgIpc) is 0.897. The van der Waals surface area contributed by atoms with Gasteiger partial charge in [-0.2, -0.15) is 0 Å². The van der Waals surface area contributed by atoms with Crippen molar-refractivity contribution in [2.24, 2.45) is 0 Å². The molecule has 2 aliphatic rings. The van der Waals surface area contributed by atoms with E-state index in [1.165, 1.54) is 250 Å². The second-order valence-corrected chi connectivity index (χ2v) is 27.8. The van der Waals surface area contributed by atoms with Crippen molar-refractivity contribution < 1.29 is 64.6 Å². The largest absolute Gasteiger partial charge is 0.394 e. The van der Waals surface area contributed by atoms with Gasteiger partial charge in [0.1, 0.15) is 48.8 Å². The molecule has 9 N–H and O–H groups in total. The molecule has 0 radical (unpaired) electrons. The highest BCUT2D eigenvalue weighted by Crippen LogP contribution is 2.30. The number of carbonyl (C=O) groups excluding carboxylic acids is 1. The van der Waals surface area contributed by atoms with Crippen LogP contribution in [0.15, 0.2) is 72.9 Å². The molecule has 2 rings (SSSR count). The highest BCUT2D eigenvalue weighted by Gasteiger charge is 2.51. The van der Waals surface area contributed by atoms with Crippen molar-refractivity contribution in [1.29, 1.82) is 0 Å². The first-order valence-electron chi connectivity index (χ1n) is 39.7. The Labute approximate surface area is 580 Å². The summed E-state index contributed by atoms with van der Waals surface area (Å²) in [7, 11) is 0. The zero-order valence-corrected chi connectivity index (χ0v) is 60.7. The number of ether oxygens (including phenoxy) is 4. The number of hydrogen-bond donors (Lipinski definition) is 9. The highest BCUT2D eigenvalue weighted by atomic mass is 16.7. The maximum absolute atomic E-state index is 13.4.